The van der Waals surface area contributed by atoms with Crippen LogP contribution in [0.1, 0.15) is 12.0 Å². The van der Waals surface area contributed by atoms with Crippen molar-refractivity contribution in [3.63, 3.8) is 0 Å². The van der Waals surface area contributed by atoms with Gasteiger partial charge in [-0.2, -0.15) is 4.31 Å². The van der Waals surface area contributed by atoms with Gasteiger partial charge in [0.1, 0.15) is 0 Å². The van der Waals surface area contributed by atoms with Crippen molar-refractivity contribution in [2.75, 3.05) is 18.6 Å². The van der Waals surface area contributed by atoms with Crippen molar-refractivity contribution in [2.45, 2.75) is 23.9 Å². The van der Waals surface area contributed by atoms with Gasteiger partial charge in [0.15, 0.2) is 9.84 Å². The highest BCUT2D eigenvalue weighted by atomic mass is 35.5. The van der Waals surface area contributed by atoms with Crippen LogP contribution >= 0.6 is 11.6 Å². The summed E-state index contributed by atoms with van der Waals surface area (Å²) in [5.74, 6) is -0.119. The van der Waals surface area contributed by atoms with E-state index in [4.69, 9.17) is 17.3 Å². The molecule has 1 atom stereocenters. The molecular formula is C12H17ClN2O4S2. The second-order valence-electron chi connectivity index (χ2n) is 5.04. The van der Waals surface area contributed by atoms with Gasteiger partial charge in [-0.15, -0.1) is 0 Å². The fourth-order valence-electron chi connectivity index (χ4n) is 2.29. The van der Waals surface area contributed by atoms with Crippen LogP contribution in [0.2, 0.25) is 5.02 Å². The number of halogens is 1. The van der Waals surface area contributed by atoms with E-state index in [0.29, 0.717) is 17.0 Å². The number of nitrogens with two attached hydrogens (primary N) is 1. The third-order valence-corrected chi connectivity index (χ3v) is 7.66. The Bertz CT molecular complexity index is 747. The maximum absolute atomic E-state index is 12.6. The zero-order valence-electron chi connectivity index (χ0n) is 11.5. The number of hydrogen-bond donors (Lipinski definition) is 1. The van der Waals surface area contributed by atoms with E-state index in [1.165, 1.54) is 25.2 Å². The molecule has 1 saturated heterocycles. The minimum atomic E-state index is -3.77. The minimum absolute atomic E-state index is 0.0200. The number of nitrogens with zero attached hydrogens (tertiary/aromatic N) is 1. The Morgan fingerprint density at radius 3 is 2.62 bits per heavy atom. The van der Waals surface area contributed by atoms with E-state index in [9.17, 15) is 16.8 Å². The summed E-state index contributed by atoms with van der Waals surface area (Å²) in [4.78, 5) is 0.0687. The number of hydrogen-bond acceptors (Lipinski definition) is 5. The van der Waals surface area contributed by atoms with Crippen LogP contribution in [-0.2, 0) is 26.4 Å². The molecule has 118 valence electrons. The molecule has 0 aromatic heterocycles. The van der Waals surface area contributed by atoms with Crippen molar-refractivity contribution in [1.29, 1.82) is 0 Å². The summed E-state index contributed by atoms with van der Waals surface area (Å²) in [6.45, 7) is 0.129. The van der Waals surface area contributed by atoms with Gasteiger partial charge in [-0.1, -0.05) is 11.6 Å². The van der Waals surface area contributed by atoms with Crippen molar-refractivity contribution >= 4 is 31.5 Å². The SMILES string of the molecule is CN(C1CCS(=O)(=O)C1)S(=O)(=O)c1ccc(Cl)c(CN)c1. The number of rotatable bonds is 4. The Labute approximate surface area is 129 Å². The average molecular weight is 353 g/mol. The Morgan fingerprint density at radius 1 is 1.43 bits per heavy atom. The summed E-state index contributed by atoms with van der Waals surface area (Å²) in [7, 11) is -5.52. The molecule has 0 amide bonds. The van der Waals surface area contributed by atoms with E-state index in [1.807, 2.05) is 0 Å². The zero-order chi connectivity index (χ0) is 15.8. The van der Waals surface area contributed by atoms with Crippen molar-refractivity contribution in [2.24, 2.45) is 5.73 Å². The maximum atomic E-state index is 12.6. The molecule has 0 aliphatic carbocycles. The van der Waals surface area contributed by atoms with Crippen LogP contribution in [0.15, 0.2) is 23.1 Å². The molecule has 1 aliphatic rings. The topological polar surface area (TPSA) is 97.5 Å². The van der Waals surface area contributed by atoms with Gasteiger partial charge in [-0.3, -0.25) is 0 Å². The highest BCUT2D eigenvalue weighted by molar-refractivity contribution is 7.92. The molecule has 1 fully saturated rings. The smallest absolute Gasteiger partial charge is 0.243 e. The first kappa shape index (κ1) is 16.7. The lowest BCUT2D eigenvalue weighted by molar-refractivity contribution is 0.394. The first-order chi connectivity index (χ1) is 9.67. The van der Waals surface area contributed by atoms with Gasteiger partial charge in [-0.05, 0) is 30.2 Å². The fourth-order valence-corrected chi connectivity index (χ4v) is 5.79. The summed E-state index contributed by atoms with van der Waals surface area (Å²) in [6.07, 6.45) is 0.315. The third kappa shape index (κ3) is 3.40. The fraction of sp³-hybridized carbons (Fsp3) is 0.500. The lowest BCUT2D eigenvalue weighted by Gasteiger charge is -2.23. The van der Waals surface area contributed by atoms with Crippen molar-refractivity contribution in [1.82, 2.24) is 4.31 Å². The molecule has 1 aromatic rings. The standard InChI is InChI=1S/C12H17ClN2O4S2/c1-15(10-4-5-20(16,17)8-10)21(18,19)11-2-3-12(13)9(6-11)7-14/h2-3,6,10H,4-5,7-8,14H2,1H3. The number of benzene rings is 1. The Balaban J connectivity index is 2.34. The van der Waals surface area contributed by atoms with Crippen LogP contribution in [-0.4, -0.2) is 45.7 Å². The molecule has 0 saturated carbocycles. The van der Waals surface area contributed by atoms with Gasteiger partial charge in [0.2, 0.25) is 10.0 Å². The molecule has 2 rings (SSSR count). The number of sulfone groups is 1. The van der Waals surface area contributed by atoms with Crippen LogP contribution in [0.3, 0.4) is 0 Å². The third-order valence-electron chi connectivity index (χ3n) is 3.64. The summed E-state index contributed by atoms with van der Waals surface area (Å²) < 4.78 is 49.2. The normalized spacial score (nSPS) is 21.8. The molecule has 1 unspecified atom stereocenters. The van der Waals surface area contributed by atoms with E-state index in [2.05, 4.69) is 0 Å². The van der Waals surface area contributed by atoms with Gasteiger partial charge in [0.25, 0.3) is 0 Å². The molecule has 0 bridgehead atoms. The lowest BCUT2D eigenvalue weighted by Crippen LogP contribution is -2.37. The summed E-state index contributed by atoms with van der Waals surface area (Å²) in [5, 5.41) is 0.405. The van der Waals surface area contributed by atoms with Crippen LogP contribution in [0.4, 0.5) is 0 Å². The monoisotopic (exact) mass is 352 g/mol. The number of sulfonamides is 1. The molecule has 1 aliphatic heterocycles. The molecule has 6 nitrogen and oxygen atoms in total. The van der Waals surface area contributed by atoms with E-state index in [0.717, 1.165) is 4.31 Å². The van der Waals surface area contributed by atoms with Crippen molar-refractivity contribution in [3.05, 3.63) is 28.8 Å². The zero-order valence-corrected chi connectivity index (χ0v) is 13.9. The minimum Gasteiger partial charge on any atom is -0.326 e. The summed E-state index contributed by atoms with van der Waals surface area (Å²) >= 11 is 5.92. The van der Waals surface area contributed by atoms with E-state index in [1.54, 1.807) is 0 Å². The van der Waals surface area contributed by atoms with Gasteiger partial charge in [0.05, 0.1) is 16.4 Å². The van der Waals surface area contributed by atoms with Crippen LogP contribution < -0.4 is 5.73 Å². The quantitative estimate of drug-likeness (QED) is 0.856. The molecule has 1 aromatic carbocycles. The predicted molar refractivity (Wildman–Crippen MR) is 81.4 cm³/mol. The van der Waals surface area contributed by atoms with Crippen molar-refractivity contribution in [3.8, 4) is 0 Å². The molecule has 9 heteroatoms. The first-order valence-corrected chi connectivity index (χ1v) is 9.98. The Hall–Kier alpha value is -0.670. The van der Waals surface area contributed by atoms with Crippen LogP contribution in [0, 0.1) is 0 Å². The molecule has 0 radical (unpaired) electrons. The van der Waals surface area contributed by atoms with E-state index < -0.39 is 25.9 Å². The predicted octanol–water partition coefficient (Wildman–Crippen LogP) is 0.606. The second-order valence-corrected chi connectivity index (χ2v) is 9.67. The Morgan fingerprint density at radius 2 is 2.10 bits per heavy atom. The van der Waals surface area contributed by atoms with E-state index in [-0.39, 0.29) is 22.9 Å². The molecular weight excluding hydrogens is 336 g/mol. The largest absolute Gasteiger partial charge is 0.326 e. The molecule has 1 heterocycles. The molecule has 0 spiro atoms. The Kier molecular flexibility index (Phi) is 4.65. The van der Waals surface area contributed by atoms with Crippen molar-refractivity contribution < 1.29 is 16.8 Å². The summed E-state index contributed by atoms with van der Waals surface area (Å²) in [5.41, 5.74) is 6.06. The highest BCUT2D eigenvalue weighted by Crippen LogP contribution is 2.26. The van der Waals surface area contributed by atoms with Gasteiger partial charge >= 0.3 is 0 Å². The average Bonchev–Trinajstić information content (AvgIpc) is 2.78. The van der Waals surface area contributed by atoms with Gasteiger partial charge in [-0.25, -0.2) is 16.8 Å². The highest BCUT2D eigenvalue weighted by Gasteiger charge is 2.36. The van der Waals surface area contributed by atoms with Crippen LogP contribution in [0.5, 0.6) is 0 Å². The molecule has 2 N–H and O–H groups in total. The summed E-state index contributed by atoms with van der Waals surface area (Å²) in [6, 6.07) is 3.78. The first-order valence-electron chi connectivity index (χ1n) is 6.34. The van der Waals surface area contributed by atoms with Gasteiger partial charge in [0, 0.05) is 24.7 Å². The molecule has 21 heavy (non-hydrogen) atoms. The maximum Gasteiger partial charge on any atom is 0.243 e. The van der Waals surface area contributed by atoms with Gasteiger partial charge < -0.3 is 5.73 Å². The lowest BCUT2D eigenvalue weighted by atomic mass is 10.2. The van der Waals surface area contributed by atoms with Crippen LogP contribution in [0.25, 0.3) is 0 Å². The van der Waals surface area contributed by atoms with E-state index >= 15 is 0 Å². The second kappa shape index (κ2) is 5.85.